The normalized spacial score (nSPS) is 18.7. The number of nitrogens with zero attached hydrogens (tertiary/aromatic N) is 5. The molecule has 1 unspecified atom stereocenters. The molecule has 4 heterocycles. The van der Waals surface area contributed by atoms with Gasteiger partial charge in [0.25, 0.3) is 0 Å². The zero-order chi connectivity index (χ0) is 38.7. The van der Waals surface area contributed by atoms with Gasteiger partial charge in [0, 0.05) is 71.2 Å². The number of carbonyl (C=O) groups excluding carboxylic acids is 4. The summed E-state index contributed by atoms with van der Waals surface area (Å²) in [6.07, 6.45) is 1.08. The SMILES string of the molecule is CC.CC.CC(C)(C)OC(=O)/N=C(\NC(=O)OC(C)(C)C)N1CCC(N(CCc2cc([C@@H]3CCC4CN3C(=O)N4)no2)C(=O)OC(C)(C)C)CC1.[CH3-].[Re]. The Kier molecular flexibility index (Phi) is 20.1. The summed E-state index contributed by atoms with van der Waals surface area (Å²) < 4.78 is 22.2. The predicted octanol–water partition coefficient (Wildman–Crippen LogP) is 7.46. The molecule has 5 amide bonds. The predicted molar refractivity (Wildman–Crippen MR) is 201 cm³/mol. The van der Waals surface area contributed by atoms with Crippen molar-refractivity contribution in [3.63, 3.8) is 0 Å². The van der Waals surface area contributed by atoms with Gasteiger partial charge in [-0.1, -0.05) is 32.9 Å². The molecule has 0 spiro atoms. The van der Waals surface area contributed by atoms with Gasteiger partial charge in [0.1, 0.15) is 28.3 Å². The quantitative estimate of drug-likeness (QED) is 0.131. The number of hydrogen-bond donors (Lipinski definition) is 2. The Morgan fingerprint density at radius 1 is 0.925 bits per heavy atom. The van der Waals surface area contributed by atoms with Crippen LogP contribution in [0.3, 0.4) is 0 Å². The topological polar surface area (TPSA) is 168 Å². The molecule has 3 aliphatic rings. The first-order valence-corrected chi connectivity index (χ1v) is 18.4. The molecule has 1 aromatic rings. The van der Waals surface area contributed by atoms with Crippen LogP contribution in [-0.2, 0) is 41.1 Å². The Morgan fingerprint density at radius 3 is 2.04 bits per heavy atom. The van der Waals surface area contributed by atoms with Gasteiger partial charge in [0.2, 0.25) is 5.96 Å². The second-order valence-electron chi connectivity index (χ2n) is 15.3. The van der Waals surface area contributed by atoms with Crippen LogP contribution >= 0.6 is 0 Å². The van der Waals surface area contributed by atoms with Crippen LogP contribution in [0.25, 0.3) is 0 Å². The van der Waals surface area contributed by atoms with Gasteiger partial charge >= 0.3 is 24.3 Å². The van der Waals surface area contributed by atoms with Crippen LogP contribution < -0.4 is 10.6 Å². The number of ether oxygens (including phenoxy) is 3. The van der Waals surface area contributed by atoms with E-state index in [1.165, 1.54) is 0 Å². The Bertz CT molecular complexity index is 1340. The van der Waals surface area contributed by atoms with Crippen LogP contribution in [0.4, 0.5) is 19.2 Å². The maximum Gasteiger partial charge on any atom is 0.437 e. The molecule has 305 valence electrons. The fourth-order valence-electron chi connectivity index (χ4n) is 5.79. The Hall–Kier alpha value is -3.38. The van der Waals surface area contributed by atoms with Gasteiger partial charge in [-0.25, -0.2) is 19.2 Å². The number of nitrogens with one attached hydrogen (secondary N) is 2. The molecule has 0 aromatic carbocycles. The molecule has 3 aliphatic heterocycles. The van der Waals surface area contributed by atoms with Gasteiger partial charge in [-0.2, -0.15) is 0 Å². The molecule has 4 rings (SSSR count). The summed E-state index contributed by atoms with van der Waals surface area (Å²) in [4.78, 5) is 60.4. The number of amides is 5. The second kappa shape index (κ2) is 21.5. The number of hydrogen-bond acceptors (Lipinski definition) is 9. The van der Waals surface area contributed by atoms with Crippen molar-refractivity contribution in [2.24, 2.45) is 4.99 Å². The zero-order valence-electron chi connectivity index (χ0n) is 34.6. The van der Waals surface area contributed by atoms with Crippen molar-refractivity contribution in [3.05, 3.63) is 24.9 Å². The monoisotopic (exact) mass is 923 g/mol. The van der Waals surface area contributed by atoms with Gasteiger partial charge in [-0.3, -0.25) is 5.32 Å². The van der Waals surface area contributed by atoms with Crippen LogP contribution in [-0.4, -0.2) is 105 Å². The number of piperidine rings is 2. The standard InChI is InChI=1S/C32H51N7O8.2C2H6.CH3.Re/c1-30(2,3)44-27(41)34-25(35-28(42)45-31(4,5)6)37-15-12-21(13-16-37)38(29(43)46-32(7,8)9)17-14-22-18-23(36-47-22)24-11-10-20-19-39(24)26(40)33-20;2*1-2;;/h18,20-21,24H,10-17,19H2,1-9H3,(H,33,40)(H,34,35,41,42);2*1-2H3;1H3;/q;;;-1;/t20?,24-;;;;/m0..../s1. The van der Waals surface area contributed by atoms with Crippen LogP contribution in [0.1, 0.15) is 133 Å². The Labute approximate surface area is 331 Å². The number of alkyl carbamates (subject to hydrolysis) is 1. The average molecular weight is 923 g/mol. The number of aromatic nitrogens is 1. The molecule has 2 bridgehead atoms. The van der Waals surface area contributed by atoms with Crippen LogP contribution in [0.5, 0.6) is 0 Å². The first-order chi connectivity index (χ1) is 23.8. The van der Waals surface area contributed by atoms with E-state index in [0.29, 0.717) is 56.9 Å². The summed E-state index contributed by atoms with van der Waals surface area (Å²) in [5, 5.41) is 9.87. The third-order valence-electron chi connectivity index (χ3n) is 7.72. The first-order valence-electron chi connectivity index (χ1n) is 18.4. The van der Waals surface area contributed by atoms with Crippen molar-refractivity contribution in [2.75, 3.05) is 26.2 Å². The number of guanidine groups is 1. The Balaban J connectivity index is 0.00000435. The summed E-state index contributed by atoms with van der Waals surface area (Å²) in [5.41, 5.74) is -1.52. The molecule has 0 aliphatic carbocycles. The molecule has 53 heavy (non-hydrogen) atoms. The fraction of sp³-hybridized carbons (Fsp3) is 0.757. The van der Waals surface area contributed by atoms with E-state index in [1.54, 1.807) is 56.2 Å². The van der Waals surface area contributed by atoms with Gasteiger partial charge in [0.05, 0.1) is 6.04 Å². The van der Waals surface area contributed by atoms with Crippen molar-refractivity contribution in [3.8, 4) is 0 Å². The summed E-state index contributed by atoms with van der Waals surface area (Å²) in [7, 11) is 0. The van der Waals surface area contributed by atoms with E-state index >= 15 is 0 Å². The van der Waals surface area contributed by atoms with Gasteiger partial charge < -0.3 is 46.2 Å². The number of rotatable bonds is 5. The molecule has 1 aromatic heterocycles. The number of carbonyl (C=O) groups is 4. The first kappa shape index (κ1) is 49.6. The molecule has 1 radical (unpaired) electrons. The number of urea groups is 1. The minimum atomic E-state index is -0.842. The molecular formula is C37H66N7O8Re-. The van der Waals surface area contributed by atoms with E-state index in [2.05, 4.69) is 20.8 Å². The van der Waals surface area contributed by atoms with Gasteiger partial charge in [0.15, 0.2) is 0 Å². The number of fused-ring (bicyclic) bond motifs is 2. The molecule has 3 saturated heterocycles. The van der Waals surface area contributed by atoms with E-state index in [4.69, 9.17) is 18.7 Å². The van der Waals surface area contributed by atoms with E-state index in [1.807, 2.05) is 54.5 Å². The van der Waals surface area contributed by atoms with Gasteiger partial charge in [-0.05, 0) is 88.0 Å². The smallest absolute Gasteiger partial charge is 0.437 e. The van der Waals surface area contributed by atoms with Crippen molar-refractivity contribution in [1.29, 1.82) is 0 Å². The summed E-state index contributed by atoms with van der Waals surface area (Å²) >= 11 is 0. The van der Waals surface area contributed by atoms with Crippen molar-refractivity contribution >= 4 is 30.3 Å². The second-order valence-corrected chi connectivity index (χ2v) is 15.3. The van der Waals surface area contributed by atoms with Crippen LogP contribution in [0, 0.1) is 7.43 Å². The number of aliphatic imine (C=N–C) groups is 1. The summed E-state index contributed by atoms with van der Waals surface area (Å²) in [6, 6.07) is 1.64. The van der Waals surface area contributed by atoms with E-state index < -0.39 is 35.1 Å². The largest absolute Gasteiger partial charge is 0.444 e. The minimum Gasteiger partial charge on any atom is -0.444 e. The third-order valence-corrected chi connectivity index (χ3v) is 7.72. The number of likely N-dealkylation sites (tertiary alicyclic amines) is 1. The molecule has 2 N–H and O–H groups in total. The summed E-state index contributed by atoms with van der Waals surface area (Å²) in [5.74, 6) is 0.631. The summed E-state index contributed by atoms with van der Waals surface area (Å²) in [6.45, 7) is 25.6. The fourth-order valence-corrected chi connectivity index (χ4v) is 5.79. The van der Waals surface area contributed by atoms with Crippen LogP contribution in [0.15, 0.2) is 15.6 Å². The molecular weight excluding hydrogens is 857 g/mol. The maximum absolute atomic E-state index is 13.5. The molecule has 16 heteroatoms. The zero-order valence-corrected chi connectivity index (χ0v) is 37.3. The molecule has 3 fully saturated rings. The maximum atomic E-state index is 13.5. The van der Waals surface area contributed by atoms with Crippen molar-refractivity contribution in [2.45, 2.75) is 157 Å². The Morgan fingerprint density at radius 2 is 1.49 bits per heavy atom. The average Bonchev–Trinajstić information content (AvgIpc) is 3.60. The van der Waals surface area contributed by atoms with E-state index in [-0.39, 0.29) is 58.0 Å². The minimum absolute atomic E-state index is 0. The molecule has 0 saturated carbocycles. The molecule has 15 nitrogen and oxygen atoms in total. The molecule has 2 atom stereocenters. The van der Waals surface area contributed by atoms with Gasteiger partial charge in [-0.15, -0.1) is 4.99 Å². The van der Waals surface area contributed by atoms with Crippen molar-refractivity contribution < 1.29 is 58.3 Å². The van der Waals surface area contributed by atoms with E-state index in [0.717, 1.165) is 12.8 Å². The van der Waals surface area contributed by atoms with E-state index in [9.17, 15) is 19.2 Å². The third kappa shape index (κ3) is 16.3. The van der Waals surface area contributed by atoms with Crippen LogP contribution in [0.2, 0.25) is 0 Å². The van der Waals surface area contributed by atoms with Crippen molar-refractivity contribution in [1.82, 2.24) is 30.5 Å².